The highest BCUT2D eigenvalue weighted by molar-refractivity contribution is 7.99. The molecule has 0 aliphatic carbocycles. The highest BCUT2D eigenvalue weighted by Crippen LogP contribution is 2.21. The normalized spacial score (nSPS) is 30.7. The minimum Gasteiger partial charge on any atom is -0.300 e. The summed E-state index contributed by atoms with van der Waals surface area (Å²) in [6, 6.07) is 0.827. The number of hydrogen-bond donors (Lipinski definition) is 0. The van der Waals surface area contributed by atoms with Gasteiger partial charge in [-0.3, -0.25) is 4.90 Å². The van der Waals surface area contributed by atoms with Crippen molar-refractivity contribution in [2.75, 3.05) is 24.6 Å². The number of nitrogens with zero attached hydrogens (tertiary/aromatic N) is 1. The molecule has 1 rings (SSSR count). The Hall–Kier alpha value is 0.310. The Kier molecular flexibility index (Phi) is 5.18. The first-order chi connectivity index (χ1) is 6.24. The molecule has 78 valence electrons. The van der Waals surface area contributed by atoms with Crippen LogP contribution in [0, 0.1) is 5.92 Å². The first-order valence-corrected chi connectivity index (χ1v) is 6.71. The summed E-state index contributed by atoms with van der Waals surface area (Å²) in [7, 11) is 0. The summed E-state index contributed by atoms with van der Waals surface area (Å²) >= 11 is 2.06. The SMILES string of the molecule is CCSCCN1CC(C)CCC1C. The number of likely N-dealkylation sites (tertiary alicyclic amines) is 1. The zero-order chi connectivity index (χ0) is 9.68. The fourth-order valence-electron chi connectivity index (χ4n) is 2.02. The number of rotatable bonds is 4. The summed E-state index contributed by atoms with van der Waals surface area (Å²) in [6.45, 7) is 9.62. The Labute approximate surface area is 87.3 Å². The lowest BCUT2D eigenvalue weighted by molar-refractivity contribution is 0.133. The molecule has 1 heterocycles. The van der Waals surface area contributed by atoms with E-state index in [1.54, 1.807) is 0 Å². The standard InChI is InChI=1S/C11H23NS/c1-4-13-8-7-12-9-10(2)5-6-11(12)3/h10-11H,4-9H2,1-3H3. The van der Waals surface area contributed by atoms with Crippen LogP contribution in [-0.2, 0) is 0 Å². The molecule has 0 spiro atoms. The van der Waals surface area contributed by atoms with E-state index in [1.165, 1.54) is 37.4 Å². The van der Waals surface area contributed by atoms with Crippen LogP contribution in [0.1, 0.15) is 33.6 Å². The zero-order valence-electron chi connectivity index (χ0n) is 9.25. The van der Waals surface area contributed by atoms with E-state index >= 15 is 0 Å². The molecular weight excluding hydrogens is 178 g/mol. The van der Waals surface area contributed by atoms with Crippen molar-refractivity contribution in [2.24, 2.45) is 5.92 Å². The molecule has 0 amide bonds. The molecular formula is C11H23NS. The van der Waals surface area contributed by atoms with E-state index in [-0.39, 0.29) is 0 Å². The molecule has 0 aromatic rings. The topological polar surface area (TPSA) is 3.24 Å². The van der Waals surface area contributed by atoms with Crippen LogP contribution in [0.2, 0.25) is 0 Å². The van der Waals surface area contributed by atoms with Gasteiger partial charge < -0.3 is 0 Å². The summed E-state index contributed by atoms with van der Waals surface area (Å²) in [4.78, 5) is 2.66. The van der Waals surface area contributed by atoms with E-state index in [0.717, 1.165) is 12.0 Å². The fourth-order valence-corrected chi connectivity index (χ4v) is 2.67. The Morgan fingerprint density at radius 1 is 1.31 bits per heavy atom. The summed E-state index contributed by atoms with van der Waals surface area (Å²) in [6.07, 6.45) is 2.83. The maximum absolute atomic E-state index is 2.66. The first-order valence-electron chi connectivity index (χ1n) is 5.55. The lowest BCUT2D eigenvalue weighted by atomic mass is 9.95. The summed E-state index contributed by atoms with van der Waals surface area (Å²) in [5.41, 5.74) is 0. The van der Waals surface area contributed by atoms with Crippen LogP contribution in [0.25, 0.3) is 0 Å². The van der Waals surface area contributed by atoms with E-state index in [2.05, 4.69) is 37.4 Å². The molecule has 2 atom stereocenters. The molecule has 0 radical (unpaired) electrons. The lowest BCUT2D eigenvalue weighted by Crippen LogP contribution is -2.42. The molecule has 2 unspecified atom stereocenters. The molecule has 0 aromatic carbocycles. The van der Waals surface area contributed by atoms with Crippen molar-refractivity contribution < 1.29 is 0 Å². The smallest absolute Gasteiger partial charge is 0.00753 e. The Morgan fingerprint density at radius 2 is 2.08 bits per heavy atom. The van der Waals surface area contributed by atoms with Gasteiger partial charge in [0.15, 0.2) is 0 Å². The molecule has 1 aliphatic heterocycles. The second-order valence-corrected chi connectivity index (χ2v) is 5.62. The summed E-state index contributed by atoms with van der Waals surface area (Å²) in [5, 5.41) is 0. The number of hydrogen-bond acceptors (Lipinski definition) is 2. The van der Waals surface area contributed by atoms with Gasteiger partial charge in [0.05, 0.1) is 0 Å². The van der Waals surface area contributed by atoms with Crippen LogP contribution in [0.4, 0.5) is 0 Å². The van der Waals surface area contributed by atoms with Crippen molar-refractivity contribution in [2.45, 2.75) is 39.7 Å². The third-order valence-corrected chi connectivity index (χ3v) is 3.85. The number of thioether (sulfide) groups is 1. The van der Waals surface area contributed by atoms with Crippen molar-refractivity contribution in [3.05, 3.63) is 0 Å². The van der Waals surface area contributed by atoms with Crippen LogP contribution >= 0.6 is 11.8 Å². The third-order valence-electron chi connectivity index (χ3n) is 2.97. The van der Waals surface area contributed by atoms with Gasteiger partial charge in [-0.05, 0) is 31.4 Å². The van der Waals surface area contributed by atoms with Gasteiger partial charge in [0, 0.05) is 24.9 Å². The first kappa shape index (κ1) is 11.4. The second-order valence-electron chi connectivity index (χ2n) is 4.22. The van der Waals surface area contributed by atoms with Crippen molar-refractivity contribution in [1.82, 2.24) is 4.90 Å². The zero-order valence-corrected chi connectivity index (χ0v) is 10.1. The van der Waals surface area contributed by atoms with Crippen LogP contribution in [-0.4, -0.2) is 35.5 Å². The molecule has 0 N–H and O–H groups in total. The van der Waals surface area contributed by atoms with Gasteiger partial charge >= 0.3 is 0 Å². The average Bonchev–Trinajstić information content (AvgIpc) is 2.11. The monoisotopic (exact) mass is 201 g/mol. The molecule has 13 heavy (non-hydrogen) atoms. The van der Waals surface area contributed by atoms with E-state index in [9.17, 15) is 0 Å². The predicted octanol–water partition coefficient (Wildman–Crippen LogP) is 2.86. The minimum absolute atomic E-state index is 0.827. The Balaban J connectivity index is 2.21. The molecule has 0 saturated carbocycles. The van der Waals surface area contributed by atoms with Gasteiger partial charge in [0.1, 0.15) is 0 Å². The van der Waals surface area contributed by atoms with E-state index < -0.39 is 0 Å². The molecule has 1 aliphatic rings. The van der Waals surface area contributed by atoms with Crippen molar-refractivity contribution in [1.29, 1.82) is 0 Å². The summed E-state index contributed by atoms with van der Waals surface area (Å²) in [5.74, 6) is 3.49. The van der Waals surface area contributed by atoms with Gasteiger partial charge in [0.25, 0.3) is 0 Å². The number of piperidine rings is 1. The van der Waals surface area contributed by atoms with Gasteiger partial charge in [-0.25, -0.2) is 0 Å². The highest BCUT2D eigenvalue weighted by Gasteiger charge is 2.21. The quantitative estimate of drug-likeness (QED) is 0.644. The van der Waals surface area contributed by atoms with Crippen LogP contribution in [0.3, 0.4) is 0 Å². The van der Waals surface area contributed by atoms with Gasteiger partial charge in [-0.2, -0.15) is 11.8 Å². The minimum atomic E-state index is 0.827. The predicted molar refractivity (Wildman–Crippen MR) is 62.4 cm³/mol. The van der Waals surface area contributed by atoms with Gasteiger partial charge in [-0.1, -0.05) is 13.8 Å². The molecule has 0 bridgehead atoms. The van der Waals surface area contributed by atoms with Gasteiger partial charge in [-0.15, -0.1) is 0 Å². The van der Waals surface area contributed by atoms with Crippen molar-refractivity contribution >= 4 is 11.8 Å². The Morgan fingerprint density at radius 3 is 2.77 bits per heavy atom. The second kappa shape index (κ2) is 5.92. The molecule has 1 saturated heterocycles. The molecule has 0 aromatic heterocycles. The molecule has 1 nitrogen and oxygen atoms in total. The molecule has 1 fully saturated rings. The van der Waals surface area contributed by atoms with Crippen molar-refractivity contribution in [3.8, 4) is 0 Å². The van der Waals surface area contributed by atoms with Crippen molar-refractivity contribution in [3.63, 3.8) is 0 Å². The highest BCUT2D eigenvalue weighted by atomic mass is 32.2. The largest absolute Gasteiger partial charge is 0.300 e. The van der Waals surface area contributed by atoms with Crippen LogP contribution in [0.5, 0.6) is 0 Å². The lowest BCUT2D eigenvalue weighted by Gasteiger charge is -2.36. The maximum atomic E-state index is 2.66. The van der Waals surface area contributed by atoms with E-state index in [4.69, 9.17) is 0 Å². The summed E-state index contributed by atoms with van der Waals surface area (Å²) < 4.78 is 0. The van der Waals surface area contributed by atoms with Gasteiger partial charge in [0.2, 0.25) is 0 Å². The van der Waals surface area contributed by atoms with Crippen LogP contribution in [0.15, 0.2) is 0 Å². The molecule has 2 heteroatoms. The average molecular weight is 201 g/mol. The van der Waals surface area contributed by atoms with E-state index in [1.807, 2.05) is 0 Å². The Bertz CT molecular complexity index is 138. The van der Waals surface area contributed by atoms with Crippen LogP contribution < -0.4 is 0 Å². The van der Waals surface area contributed by atoms with E-state index in [0.29, 0.717) is 0 Å². The third kappa shape index (κ3) is 3.90. The fraction of sp³-hybridized carbons (Fsp3) is 1.00. The maximum Gasteiger partial charge on any atom is 0.00753 e.